The van der Waals surface area contributed by atoms with Crippen molar-refractivity contribution in [1.82, 2.24) is 10.6 Å². The first-order chi connectivity index (χ1) is 14.2. The molecule has 0 saturated carbocycles. The number of hydrogen-bond acceptors (Lipinski definition) is 4. The van der Waals surface area contributed by atoms with E-state index in [1.165, 1.54) is 0 Å². The van der Waals surface area contributed by atoms with Crippen LogP contribution in [0.15, 0.2) is 48.5 Å². The van der Waals surface area contributed by atoms with Crippen LogP contribution in [-0.2, 0) is 0 Å². The number of hydrogen-bond donors (Lipinski definition) is 3. The Kier molecular flexibility index (Phi) is 8.35. The van der Waals surface area contributed by atoms with E-state index < -0.39 is 0 Å². The van der Waals surface area contributed by atoms with Gasteiger partial charge in [0.05, 0.1) is 6.61 Å². The number of nitrogens with one attached hydrogen (secondary N) is 3. The number of amides is 2. The van der Waals surface area contributed by atoms with Crippen LogP contribution in [0.1, 0.15) is 61.3 Å². The van der Waals surface area contributed by atoms with Crippen molar-refractivity contribution >= 4 is 34.8 Å². The summed E-state index contributed by atoms with van der Waals surface area (Å²) < 4.78 is 5.64. The maximum absolute atomic E-state index is 12.5. The van der Waals surface area contributed by atoms with E-state index in [1.54, 1.807) is 42.5 Å². The molecule has 2 aromatic rings. The minimum absolute atomic E-state index is 0.147. The van der Waals surface area contributed by atoms with Crippen LogP contribution < -0.4 is 20.7 Å². The van der Waals surface area contributed by atoms with Gasteiger partial charge in [0, 0.05) is 22.4 Å². The predicted molar refractivity (Wildman–Crippen MR) is 124 cm³/mol. The summed E-state index contributed by atoms with van der Waals surface area (Å²) >= 11 is 5.23. The van der Waals surface area contributed by atoms with Crippen LogP contribution in [0, 0.1) is 0 Å². The molecule has 0 radical (unpaired) electrons. The summed E-state index contributed by atoms with van der Waals surface area (Å²) in [5.41, 5.74) is 1.37. The SMILES string of the molecule is CCCCOc1cccc(C(=O)NC(=S)Nc2ccc(C(=O)NC(C)(C)C)cc2)c1. The molecular weight excluding hydrogens is 398 g/mol. The van der Waals surface area contributed by atoms with E-state index in [0.717, 1.165) is 12.8 Å². The third-order valence-electron chi connectivity index (χ3n) is 3.98. The van der Waals surface area contributed by atoms with E-state index in [2.05, 4.69) is 22.9 Å². The molecule has 0 unspecified atom stereocenters. The molecule has 0 spiro atoms. The van der Waals surface area contributed by atoms with E-state index in [9.17, 15) is 9.59 Å². The Morgan fingerprint density at radius 1 is 1.00 bits per heavy atom. The highest BCUT2D eigenvalue weighted by molar-refractivity contribution is 7.80. The molecule has 2 amide bonds. The van der Waals surface area contributed by atoms with Gasteiger partial charge >= 0.3 is 0 Å². The van der Waals surface area contributed by atoms with Gasteiger partial charge in [0.15, 0.2) is 5.11 Å². The van der Waals surface area contributed by atoms with Gasteiger partial charge in [-0.05, 0) is 81.9 Å². The number of thiocarbonyl (C=S) groups is 1. The number of carbonyl (C=O) groups excluding carboxylic acids is 2. The summed E-state index contributed by atoms with van der Waals surface area (Å²) in [6, 6.07) is 13.9. The van der Waals surface area contributed by atoms with Crippen molar-refractivity contribution in [2.24, 2.45) is 0 Å². The van der Waals surface area contributed by atoms with E-state index >= 15 is 0 Å². The molecule has 0 saturated heterocycles. The third-order valence-corrected chi connectivity index (χ3v) is 4.19. The molecule has 2 aromatic carbocycles. The van der Waals surface area contributed by atoms with Gasteiger partial charge in [-0.1, -0.05) is 19.4 Å². The van der Waals surface area contributed by atoms with Gasteiger partial charge in [-0.2, -0.15) is 0 Å². The highest BCUT2D eigenvalue weighted by Crippen LogP contribution is 2.14. The molecule has 0 aromatic heterocycles. The van der Waals surface area contributed by atoms with Gasteiger partial charge < -0.3 is 15.4 Å². The zero-order valence-electron chi connectivity index (χ0n) is 17.9. The molecule has 6 nitrogen and oxygen atoms in total. The van der Waals surface area contributed by atoms with E-state index in [0.29, 0.717) is 29.2 Å². The van der Waals surface area contributed by atoms with E-state index in [1.807, 2.05) is 26.8 Å². The summed E-state index contributed by atoms with van der Waals surface area (Å²) in [6.07, 6.45) is 2.00. The van der Waals surface area contributed by atoms with E-state index in [4.69, 9.17) is 17.0 Å². The molecular formula is C23H29N3O3S. The van der Waals surface area contributed by atoms with Crippen LogP contribution in [0.3, 0.4) is 0 Å². The Hall–Kier alpha value is -2.93. The Labute approximate surface area is 183 Å². The van der Waals surface area contributed by atoms with Crippen molar-refractivity contribution in [3.63, 3.8) is 0 Å². The van der Waals surface area contributed by atoms with Crippen LogP contribution in [-0.4, -0.2) is 29.1 Å². The molecule has 160 valence electrons. The van der Waals surface area contributed by atoms with Gasteiger partial charge in [-0.25, -0.2) is 0 Å². The molecule has 0 heterocycles. The second kappa shape index (κ2) is 10.7. The van der Waals surface area contributed by atoms with Crippen molar-refractivity contribution in [2.45, 2.75) is 46.1 Å². The molecule has 0 fully saturated rings. The lowest BCUT2D eigenvalue weighted by Gasteiger charge is -2.20. The van der Waals surface area contributed by atoms with Crippen molar-refractivity contribution in [3.8, 4) is 5.75 Å². The smallest absolute Gasteiger partial charge is 0.257 e. The number of benzene rings is 2. The predicted octanol–water partition coefficient (Wildman–Crippen LogP) is 4.52. The summed E-state index contributed by atoms with van der Waals surface area (Å²) in [5.74, 6) is 0.180. The molecule has 0 atom stereocenters. The molecule has 0 aliphatic heterocycles. The molecule has 30 heavy (non-hydrogen) atoms. The van der Waals surface area contributed by atoms with Crippen LogP contribution in [0.5, 0.6) is 5.75 Å². The highest BCUT2D eigenvalue weighted by Gasteiger charge is 2.15. The van der Waals surface area contributed by atoms with Crippen molar-refractivity contribution < 1.29 is 14.3 Å². The number of ether oxygens (including phenoxy) is 1. The maximum Gasteiger partial charge on any atom is 0.257 e. The summed E-state index contributed by atoms with van der Waals surface area (Å²) in [7, 11) is 0. The van der Waals surface area contributed by atoms with Gasteiger partial charge in [0.25, 0.3) is 11.8 Å². The topological polar surface area (TPSA) is 79.5 Å². The second-order valence-corrected chi connectivity index (χ2v) is 8.33. The Morgan fingerprint density at radius 3 is 2.33 bits per heavy atom. The fraction of sp³-hybridized carbons (Fsp3) is 0.348. The highest BCUT2D eigenvalue weighted by atomic mass is 32.1. The van der Waals surface area contributed by atoms with Crippen LogP contribution >= 0.6 is 12.2 Å². The number of rotatable bonds is 7. The lowest BCUT2D eigenvalue weighted by Crippen LogP contribution is -2.40. The van der Waals surface area contributed by atoms with Crippen molar-refractivity contribution in [3.05, 3.63) is 59.7 Å². The first-order valence-electron chi connectivity index (χ1n) is 9.96. The van der Waals surface area contributed by atoms with Gasteiger partial charge in [0.2, 0.25) is 0 Å². The average molecular weight is 428 g/mol. The van der Waals surface area contributed by atoms with Crippen LogP contribution in [0.4, 0.5) is 5.69 Å². The number of anilines is 1. The van der Waals surface area contributed by atoms with Gasteiger partial charge in [-0.15, -0.1) is 0 Å². The fourth-order valence-corrected chi connectivity index (χ4v) is 2.73. The lowest BCUT2D eigenvalue weighted by molar-refractivity contribution is 0.0918. The first kappa shape index (κ1) is 23.3. The fourth-order valence-electron chi connectivity index (χ4n) is 2.52. The van der Waals surface area contributed by atoms with Gasteiger partial charge in [-0.3, -0.25) is 14.9 Å². The summed E-state index contributed by atoms with van der Waals surface area (Å²) in [6.45, 7) is 8.49. The number of carbonyl (C=O) groups is 2. The maximum atomic E-state index is 12.5. The Balaban J connectivity index is 1.91. The molecule has 0 aliphatic carbocycles. The second-order valence-electron chi connectivity index (χ2n) is 7.92. The Bertz CT molecular complexity index is 889. The average Bonchev–Trinajstić information content (AvgIpc) is 2.67. The zero-order valence-corrected chi connectivity index (χ0v) is 18.7. The zero-order chi connectivity index (χ0) is 22.1. The lowest BCUT2D eigenvalue weighted by atomic mass is 10.1. The molecule has 7 heteroatoms. The largest absolute Gasteiger partial charge is 0.494 e. The van der Waals surface area contributed by atoms with Crippen molar-refractivity contribution in [2.75, 3.05) is 11.9 Å². The third kappa shape index (κ3) is 7.83. The van der Waals surface area contributed by atoms with Crippen LogP contribution in [0.25, 0.3) is 0 Å². The minimum atomic E-state index is -0.324. The quantitative estimate of drug-likeness (QED) is 0.447. The molecule has 0 bridgehead atoms. The first-order valence-corrected chi connectivity index (χ1v) is 10.4. The number of unbranched alkanes of at least 4 members (excludes halogenated alkanes) is 1. The Morgan fingerprint density at radius 2 is 1.70 bits per heavy atom. The summed E-state index contributed by atoms with van der Waals surface area (Å²) in [4.78, 5) is 24.6. The molecule has 0 aliphatic rings. The monoisotopic (exact) mass is 427 g/mol. The molecule has 2 rings (SSSR count). The summed E-state index contributed by atoms with van der Waals surface area (Å²) in [5, 5.41) is 8.68. The van der Waals surface area contributed by atoms with Crippen LogP contribution in [0.2, 0.25) is 0 Å². The standard InChI is InChI=1S/C23H29N3O3S/c1-5-6-14-29-19-9-7-8-17(15-19)20(27)25-22(30)24-18-12-10-16(11-13-18)21(28)26-23(2,3)4/h7-13,15H,5-6,14H2,1-4H3,(H,26,28)(H2,24,25,27,30). The normalized spacial score (nSPS) is 10.8. The van der Waals surface area contributed by atoms with Gasteiger partial charge in [0.1, 0.15) is 5.75 Å². The minimum Gasteiger partial charge on any atom is -0.494 e. The molecule has 3 N–H and O–H groups in total. The van der Waals surface area contributed by atoms with Crippen molar-refractivity contribution in [1.29, 1.82) is 0 Å². The van der Waals surface area contributed by atoms with E-state index in [-0.39, 0.29) is 22.5 Å².